The summed E-state index contributed by atoms with van der Waals surface area (Å²) >= 11 is 0. The largest absolute Gasteiger partial charge is 0.379 e. The van der Waals surface area contributed by atoms with Gasteiger partial charge in [-0.1, -0.05) is 12.8 Å². The van der Waals surface area contributed by atoms with Gasteiger partial charge in [0.05, 0.1) is 25.9 Å². The molecule has 4 nitrogen and oxygen atoms in total. The molecule has 0 radical (unpaired) electrons. The second-order valence-electron chi connectivity index (χ2n) is 4.70. The van der Waals surface area contributed by atoms with Crippen LogP contribution in [0.3, 0.4) is 0 Å². The molecule has 2 N–H and O–H groups in total. The fourth-order valence-corrected chi connectivity index (χ4v) is 2.82. The lowest BCUT2D eigenvalue weighted by molar-refractivity contribution is -0.0931. The number of halogens is 1. The summed E-state index contributed by atoms with van der Waals surface area (Å²) in [4.78, 5) is 2.55. The van der Waals surface area contributed by atoms with Crippen molar-refractivity contribution in [2.75, 3.05) is 39.5 Å². The first-order valence-corrected chi connectivity index (χ1v) is 6.55. The number of hydrogen-bond acceptors (Lipinski definition) is 4. The Morgan fingerprint density at radius 2 is 2.06 bits per heavy atom. The van der Waals surface area contributed by atoms with Crippen molar-refractivity contribution < 1.29 is 9.47 Å². The molecule has 2 aliphatic rings. The van der Waals surface area contributed by atoms with Gasteiger partial charge in [-0.25, -0.2) is 0 Å². The molecule has 2 fully saturated rings. The van der Waals surface area contributed by atoms with E-state index in [1.54, 1.807) is 0 Å². The molecule has 0 aromatic rings. The third kappa shape index (κ3) is 4.38. The highest BCUT2D eigenvalue weighted by molar-refractivity contribution is 5.85. The highest BCUT2D eigenvalue weighted by Gasteiger charge is 2.33. The van der Waals surface area contributed by atoms with E-state index in [0.29, 0.717) is 25.3 Å². The molecule has 0 bridgehead atoms. The molecule has 1 aliphatic heterocycles. The Kier molecular flexibility index (Phi) is 7.39. The zero-order valence-electron chi connectivity index (χ0n) is 10.5. The summed E-state index contributed by atoms with van der Waals surface area (Å²) in [6.07, 6.45) is 5.70. The monoisotopic (exact) mass is 264 g/mol. The minimum atomic E-state index is 0. The van der Waals surface area contributed by atoms with E-state index in [1.165, 1.54) is 25.7 Å². The third-order valence-corrected chi connectivity index (χ3v) is 3.63. The van der Waals surface area contributed by atoms with Crippen LogP contribution in [0.5, 0.6) is 0 Å². The molecule has 17 heavy (non-hydrogen) atoms. The molecule has 1 saturated carbocycles. The Balaban J connectivity index is 0.00000144. The highest BCUT2D eigenvalue weighted by atomic mass is 35.5. The first-order valence-electron chi connectivity index (χ1n) is 6.55. The molecule has 5 heteroatoms. The van der Waals surface area contributed by atoms with E-state index in [4.69, 9.17) is 15.2 Å². The van der Waals surface area contributed by atoms with Gasteiger partial charge in [-0.2, -0.15) is 0 Å². The van der Waals surface area contributed by atoms with E-state index in [9.17, 15) is 0 Å². The molecule has 1 heterocycles. The molecule has 0 aromatic heterocycles. The summed E-state index contributed by atoms with van der Waals surface area (Å²) in [5.41, 5.74) is 5.40. The second kappa shape index (κ2) is 8.27. The number of fused-ring (bicyclic) bond motifs is 1. The maximum atomic E-state index is 5.84. The van der Waals surface area contributed by atoms with Crippen molar-refractivity contribution in [1.29, 1.82) is 0 Å². The van der Waals surface area contributed by atoms with Crippen molar-refractivity contribution in [3.63, 3.8) is 0 Å². The minimum Gasteiger partial charge on any atom is -0.379 e. The summed E-state index contributed by atoms with van der Waals surface area (Å²) in [6, 6.07) is 0.643. The van der Waals surface area contributed by atoms with E-state index in [2.05, 4.69) is 4.90 Å². The maximum Gasteiger partial charge on any atom is 0.0730 e. The normalized spacial score (nSPS) is 29.5. The fraction of sp³-hybridized carbons (Fsp3) is 1.00. The molecule has 2 rings (SSSR count). The number of rotatable bonds is 5. The van der Waals surface area contributed by atoms with Gasteiger partial charge in [0, 0.05) is 25.7 Å². The Morgan fingerprint density at radius 1 is 1.24 bits per heavy atom. The standard InChI is InChI=1S/C12H24N2O2.ClH/c13-5-8-15-9-6-14-7-10-16-12-4-2-1-3-11(12)14;/h11-12H,1-10,13H2;1H. The van der Waals surface area contributed by atoms with Gasteiger partial charge in [0.1, 0.15) is 0 Å². The number of nitrogens with two attached hydrogens (primary N) is 1. The Hall–Kier alpha value is 0.130. The third-order valence-electron chi connectivity index (χ3n) is 3.63. The van der Waals surface area contributed by atoms with Gasteiger partial charge in [-0.15, -0.1) is 12.4 Å². The highest BCUT2D eigenvalue weighted by Crippen LogP contribution is 2.27. The number of ether oxygens (including phenoxy) is 2. The molecule has 0 spiro atoms. The molecular weight excluding hydrogens is 240 g/mol. The zero-order valence-corrected chi connectivity index (χ0v) is 11.3. The first-order chi connectivity index (χ1) is 7.92. The van der Waals surface area contributed by atoms with Crippen LogP contribution in [0, 0.1) is 0 Å². The SMILES string of the molecule is Cl.NCCOCCN1CCOC2CCCCC21. The number of nitrogens with zero attached hydrogens (tertiary/aromatic N) is 1. The van der Waals surface area contributed by atoms with Crippen LogP contribution in [0.1, 0.15) is 25.7 Å². The van der Waals surface area contributed by atoms with Crippen molar-refractivity contribution in [3.05, 3.63) is 0 Å². The van der Waals surface area contributed by atoms with E-state index in [1.807, 2.05) is 0 Å². The van der Waals surface area contributed by atoms with Crippen molar-refractivity contribution in [2.45, 2.75) is 37.8 Å². The quantitative estimate of drug-likeness (QED) is 0.754. The molecule has 0 amide bonds. The van der Waals surface area contributed by atoms with Gasteiger partial charge in [0.2, 0.25) is 0 Å². The lowest BCUT2D eigenvalue weighted by Gasteiger charge is -2.43. The van der Waals surface area contributed by atoms with Gasteiger partial charge in [0.25, 0.3) is 0 Å². The van der Waals surface area contributed by atoms with Crippen LogP contribution >= 0.6 is 12.4 Å². The van der Waals surface area contributed by atoms with Crippen molar-refractivity contribution in [1.82, 2.24) is 4.90 Å². The van der Waals surface area contributed by atoms with E-state index >= 15 is 0 Å². The Bertz CT molecular complexity index is 205. The van der Waals surface area contributed by atoms with Gasteiger partial charge >= 0.3 is 0 Å². The summed E-state index contributed by atoms with van der Waals surface area (Å²) in [5.74, 6) is 0. The molecule has 2 unspecified atom stereocenters. The van der Waals surface area contributed by atoms with Gasteiger partial charge in [0.15, 0.2) is 0 Å². The number of morpholine rings is 1. The average molecular weight is 265 g/mol. The first kappa shape index (κ1) is 15.2. The van der Waals surface area contributed by atoms with E-state index in [0.717, 1.165) is 26.3 Å². The van der Waals surface area contributed by atoms with Crippen LogP contribution < -0.4 is 5.73 Å². The predicted molar refractivity (Wildman–Crippen MR) is 70.7 cm³/mol. The molecule has 1 saturated heterocycles. The molecule has 1 aliphatic carbocycles. The average Bonchev–Trinajstić information content (AvgIpc) is 2.35. The number of hydrogen-bond donors (Lipinski definition) is 1. The lowest BCUT2D eigenvalue weighted by atomic mass is 9.90. The lowest BCUT2D eigenvalue weighted by Crippen LogP contribution is -2.53. The Labute approximate surface area is 110 Å². The van der Waals surface area contributed by atoms with Gasteiger partial charge < -0.3 is 15.2 Å². The maximum absolute atomic E-state index is 5.84. The van der Waals surface area contributed by atoms with Crippen LogP contribution in [-0.2, 0) is 9.47 Å². The summed E-state index contributed by atoms with van der Waals surface area (Å²) < 4.78 is 11.3. The van der Waals surface area contributed by atoms with Crippen molar-refractivity contribution >= 4 is 12.4 Å². The van der Waals surface area contributed by atoms with Crippen LogP contribution in [0.25, 0.3) is 0 Å². The minimum absolute atomic E-state index is 0. The summed E-state index contributed by atoms with van der Waals surface area (Å²) in [7, 11) is 0. The smallest absolute Gasteiger partial charge is 0.0730 e. The molecule has 0 aromatic carbocycles. The fourth-order valence-electron chi connectivity index (χ4n) is 2.82. The summed E-state index contributed by atoms with van der Waals surface area (Å²) in [5, 5.41) is 0. The van der Waals surface area contributed by atoms with Crippen molar-refractivity contribution in [3.8, 4) is 0 Å². The topological polar surface area (TPSA) is 47.7 Å². The predicted octanol–water partition coefficient (Wildman–Crippen LogP) is 1.03. The zero-order chi connectivity index (χ0) is 11.2. The Morgan fingerprint density at radius 3 is 2.88 bits per heavy atom. The molecule has 2 atom stereocenters. The van der Waals surface area contributed by atoms with Gasteiger partial charge in [-0.05, 0) is 12.8 Å². The van der Waals surface area contributed by atoms with E-state index in [-0.39, 0.29) is 12.4 Å². The van der Waals surface area contributed by atoms with Crippen molar-refractivity contribution in [2.24, 2.45) is 5.73 Å². The van der Waals surface area contributed by atoms with Crippen LogP contribution in [0.15, 0.2) is 0 Å². The van der Waals surface area contributed by atoms with Gasteiger partial charge in [-0.3, -0.25) is 4.90 Å². The van der Waals surface area contributed by atoms with E-state index < -0.39 is 0 Å². The summed E-state index contributed by atoms with van der Waals surface area (Å²) in [6.45, 7) is 5.09. The van der Waals surface area contributed by atoms with Crippen LogP contribution in [0.2, 0.25) is 0 Å². The van der Waals surface area contributed by atoms with Crippen LogP contribution in [0.4, 0.5) is 0 Å². The second-order valence-corrected chi connectivity index (χ2v) is 4.70. The van der Waals surface area contributed by atoms with Crippen LogP contribution in [-0.4, -0.2) is 56.5 Å². The molecular formula is C12H25ClN2O2. The molecule has 102 valence electrons.